The Bertz CT molecular complexity index is 562. The number of urea groups is 1. The molecule has 0 radical (unpaired) electrons. The highest BCUT2D eigenvalue weighted by atomic mass is 16.5. The first kappa shape index (κ1) is 15.9. The Kier molecular flexibility index (Phi) is 5.89. The van der Waals surface area contributed by atoms with Crippen LogP contribution in [0.15, 0.2) is 47.1 Å². The van der Waals surface area contributed by atoms with Crippen molar-refractivity contribution in [2.24, 2.45) is 0 Å². The summed E-state index contributed by atoms with van der Waals surface area (Å²) >= 11 is 0. The standard InChI is InChI=1S/C17H22N2O3/c1-13(2)14-5-7-15(8-6-14)22-11-9-18-17(20)19-12-16-4-3-10-21-16/h3-8,10,13H,9,11-12H2,1-2H3,(H2,18,19,20). The van der Waals surface area contributed by atoms with E-state index in [0.717, 1.165) is 11.5 Å². The minimum atomic E-state index is -0.241. The Morgan fingerprint density at radius 2 is 1.95 bits per heavy atom. The Morgan fingerprint density at radius 1 is 1.18 bits per heavy atom. The molecule has 0 aliphatic rings. The van der Waals surface area contributed by atoms with Gasteiger partial charge in [0.1, 0.15) is 18.1 Å². The van der Waals surface area contributed by atoms with Crippen LogP contribution in [0, 0.1) is 0 Å². The maximum absolute atomic E-state index is 11.5. The molecule has 2 aromatic rings. The number of furan rings is 1. The van der Waals surface area contributed by atoms with Crippen molar-refractivity contribution < 1.29 is 13.9 Å². The molecule has 0 bridgehead atoms. The molecule has 2 rings (SSSR count). The Hall–Kier alpha value is -2.43. The van der Waals surface area contributed by atoms with Gasteiger partial charge in [-0.15, -0.1) is 0 Å². The highest BCUT2D eigenvalue weighted by molar-refractivity contribution is 5.73. The summed E-state index contributed by atoms with van der Waals surface area (Å²) in [4.78, 5) is 11.5. The van der Waals surface area contributed by atoms with Crippen molar-refractivity contribution in [3.63, 3.8) is 0 Å². The zero-order valence-electron chi connectivity index (χ0n) is 13.0. The van der Waals surface area contributed by atoms with Crippen LogP contribution in [-0.2, 0) is 6.54 Å². The first-order valence-corrected chi connectivity index (χ1v) is 7.42. The first-order chi connectivity index (χ1) is 10.6. The highest BCUT2D eigenvalue weighted by Gasteiger charge is 2.02. The SMILES string of the molecule is CC(C)c1ccc(OCCNC(=O)NCc2ccco2)cc1. The van der Waals surface area contributed by atoms with E-state index in [1.165, 1.54) is 5.56 Å². The second-order valence-electron chi connectivity index (χ2n) is 5.26. The summed E-state index contributed by atoms with van der Waals surface area (Å²) in [6.07, 6.45) is 1.58. The largest absolute Gasteiger partial charge is 0.492 e. The summed E-state index contributed by atoms with van der Waals surface area (Å²) in [7, 11) is 0. The van der Waals surface area contributed by atoms with Crippen molar-refractivity contribution in [1.29, 1.82) is 0 Å². The molecule has 0 fully saturated rings. The van der Waals surface area contributed by atoms with Crippen molar-refractivity contribution in [2.45, 2.75) is 26.3 Å². The second-order valence-corrected chi connectivity index (χ2v) is 5.26. The van der Waals surface area contributed by atoms with E-state index in [0.29, 0.717) is 25.6 Å². The Balaban J connectivity index is 1.61. The number of carbonyl (C=O) groups excluding carboxylic acids is 1. The molecule has 1 aromatic carbocycles. The molecule has 118 valence electrons. The van der Waals surface area contributed by atoms with Gasteiger partial charge in [0, 0.05) is 0 Å². The number of benzene rings is 1. The monoisotopic (exact) mass is 302 g/mol. The number of amides is 2. The molecule has 0 spiro atoms. The van der Waals surface area contributed by atoms with Crippen LogP contribution in [0.2, 0.25) is 0 Å². The number of rotatable bonds is 7. The molecule has 0 atom stereocenters. The van der Waals surface area contributed by atoms with Crippen molar-refractivity contribution in [3.8, 4) is 5.75 Å². The van der Waals surface area contributed by atoms with Gasteiger partial charge in [-0.25, -0.2) is 4.79 Å². The lowest BCUT2D eigenvalue weighted by Crippen LogP contribution is -2.37. The fourth-order valence-corrected chi connectivity index (χ4v) is 1.93. The van der Waals surface area contributed by atoms with E-state index in [-0.39, 0.29) is 6.03 Å². The molecule has 5 nitrogen and oxygen atoms in total. The van der Waals surface area contributed by atoms with Crippen molar-refractivity contribution in [3.05, 3.63) is 54.0 Å². The van der Waals surface area contributed by atoms with Crippen LogP contribution in [0.1, 0.15) is 31.1 Å². The van der Waals surface area contributed by atoms with Crippen molar-refractivity contribution in [1.82, 2.24) is 10.6 Å². The second kappa shape index (κ2) is 8.12. The van der Waals surface area contributed by atoms with E-state index in [1.807, 2.05) is 18.2 Å². The van der Waals surface area contributed by atoms with Crippen LogP contribution in [0.3, 0.4) is 0 Å². The molecule has 5 heteroatoms. The van der Waals surface area contributed by atoms with E-state index in [1.54, 1.807) is 12.3 Å². The molecule has 1 heterocycles. The van der Waals surface area contributed by atoms with Gasteiger partial charge in [-0.2, -0.15) is 0 Å². The van der Waals surface area contributed by atoms with E-state index in [2.05, 4.69) is 36.6 Å². The lowest BCUT2D eigenvalue weighted by molar-refractivity contribution is 0.235. The van der Waals surface area contributed by atoms with Gasteiger partial charge >= 0.3 is 6.03 Å². The first-order valence-electron chi connectivity index (χ1n) is 7.42. The molecular weight excluding hydrogens is 280 g/mol. The molecule has 0 aliphatic carbocycles. The minimum Gasteiger partial charge on any atom is -0.492 e. The minimum absolute atomic E-state index is 0.241. The summed E-state index contributed by atoms with van der Waals surface area (Å²) in [5.74, 6) is 2.03. The fourth-order valence-electron chi connectivity index (χ4n) is 1.93. The molecule has 0 aliphatic heterocycles. The van der Waals surface area contributed by atoms with Gasteiger partial charge in [0.15, 0.2) is 0 Å². The van der Waals surface area contributed by atoms with Gasteiger partial charge in [0.25, 0.3) is 0 Å². The molecule has 2 N–H and O–H groups in total. The predicted octanol–water partition coefficient (Wildman–Crippen LogP) is 3.28. The molecule has 0 saturated carbocycles. The number of carbonyl (C=O) groups is 1. The van der Waals surface area contributed by atoms with Gasteiger partial charge < -0.3 is 19.8 Å². The van der Waals surface area contributed by atoms with E-state index in [9.17, 15) is 4.79 Å². The molecule has 0 unspecified atom stereocenters. The van der Waals surface area contributed by atoms with Gasteiger partial charge in [0.2, 0.25) is 0 Å². The normalized spacial score (nSPS) is 10.5. The van der Waals surface area contributed by atoms with Gasteiger partial charge in [-0.3, -0.25) is 0 Å². The van der Waals surface area contributed by atoms with Crippen LogP contribution >= 0.6 is 0 Å². The third-order valence-corrected chi connectivity index (χ3v) is 3.21. The number of nitrogens with one attached hydrogen (secondary N) is 2. The van der Waals surface area contributed by atoms with Gasteiger partial charge in [-0.1, -0.05) is 26.0 Å². The average Bonchev–Trinajstić information content (AvgIpc) is 3.03. The van der Waals surface area contributed by atoms with Gasteiger partial charge in [0.05, 0.1) is 19.4 Å². The number of hydrogen-bond donors (Lipinski definition) is 2. The smallest absolute Gasteiger partial charge is 0.315 e. The summed E-state index contributed by atoms with van der Waals surface area (Å²) < 4.78 is 10.7. The lowest BCUT2D eigenvalue weighted by Gasteiger charge is -2.10. The molecule has 22 heavy (non-hydrogen) atoms. The summed E-state index contributed by atoms with van der Waals surface area (Å²) in [5.41, 5.74) is 1.28. The zero-order valence-corrected chi connectivity index (χ0v) is 13.0. The van der Waals surface area contributed by atoms with Crippen LogP contribution in [0.4, 0.5) is 4.79 Å². The summed E-state index contributed by atoms with van der Waals surface area (Å²) in [6.45, 7) is 5.55. The summed E-state index contributed by atoms with van der Waals surface area (Å²) in [6, 6.07) is 11.4. The predicted molar refractivity (Wildman–Crippen MR) is 85.0 cm³/mol. The van der Waals surface area contributed by atoms with Crippen molar-refractivity contribution >= 4 is 6.03 Å². The van der Waals surface area contributed by atoms with Crippen LogP contribution in [-0.4, -0.2) is 19.2 Å². The van der Waals surface area contributed by atoms with Crippen molar-refractivity contribution in [2.75, 3.05) is 13.2 Å². The van der Waals surface area contributed by atoms with Crippen LogP contribution < -0.4 is 15.4 Å². The molecule has 0 saturated heterocycles. The topological polar surface area (TPSA) is 63.5 Å². The Labute approximate surface area is 130 Å². The lowest BCUT2D eigenvalue weighted by atomic mass is 10.0. The van der Waals surface area contributed by atoms with E-state index in [4.69, 9.17) is 9.15 Å². The number of ether oxygens (including phenoxy) is 1. The fraction of sp³-hybridized carbons (Fsp3) is 0.353. The zero-order chi connectivity index (χ0) is 15.8. The van der Waals surface area contributed by atoms with E-state index < -0.39 is 0 Å². The quantitative estimate of drug-likeness (QED) is 0.771. The average molecular weight is 302 g/mol. The third-order valence-electron chi connectivity index (χ3n) is 3.21. The van der Waals surface area contributed by atoms with E-state index >= 15 is 0 Å². The third kappa shape index (κ3) is 5.16. The summed E-state index contributed by atoms with van der Waals surface area (Å²) in [5, 5.41) is 5.43. The molecular formula is C17H22N2O3. The van der Waals surface area contributed by atoms with Crippen LogP contribution in [0.5, 0.6) is 5.75 Å². The maximum Gasteiger partial charge on any atom is 0.315 e. The van der Waals surface area contributed by atoms with Crippen LogP contribution in [0.25, 0.3) is 0 Å². The molecule has 1 aromatic heterocycles. The molecule has 2 amide bonds. The van der Waals surface area contributed by atoms with Gasteiger partial charge in [-0.05, 0) is 35.7 Å². The Morgan fingerprint density at radius 3 is 2.59 bits per heavy atom. The maximum atomic E-state index is 11.5. The number of hydrogen-bond acceptors (Lipinski definition) is 3. The highest BCUT2D eigenvalue weighted by Crippen LogP contribution is 2.18.